The van der Waals surface area contributed by atoms with Crippen LogP contribution in [0.5, 0.6) is 11.5 Å². The molecule has 3 heterocycles. The van der Waals surface area contributed by atoms with Crippen LogP contribution in [-0.4, -0.2) is 49.2 Å². The summed E-state index contributed by atoms with van der Waals surface area (Å²) in [5.41, 5.74) is 0.908. The van der Waals surface area contributed by atoms with E-state index in [9.17, 15) is 8.42 Å². The monoisotopic (exact) mass is 354 g/mol. The third-order valence-corrected chi connectivity index (χ3v) is 6.77. The molecule has 3 aliphatic heterocycles. The summed E-state index contributed by atoms with van der Waals surface area (Å²) in [6.45, 7) is 4.44. The van der Waals surface area contributed by atoms with Crippen molar-refractivity contribution in [3.63, 3.8) is 0 Å². The lowest BCUT2D eigenvalue weighted by molar-refractivity contribution is 0.174. The predicted octanol–water partition coefficient (Wildman–Crippen LogP) is 1.90. The maximum absolute atomic E-state index is 12.0. The molecule has 8 heteroatoms. The smallest absolute Gasteiger partial charge is 0.231 e. The van der Waals surface area contributed by atoms with Crippen molar-refractivity contribution < 1.29 is 17.9 Å². The summed E-state index contributed by atoms with van der Waals surface area (Å²) in [5.74, 6) is 1.71. The minimum Gasteiger partial charge on any atom is -0.454 e. The van der Waals surface area contributed by atoms with E-state index in [0.29, 0.717) is 11.0 Å². The van der Waals surface area contributed by atoms with Gasteiger partial charge >= 0.3 is 0 Å². The first kappa shape index (κ1) is 15.1. The van der Waals surface area contributed by atoms with Crippen LogP contribution in [-0.2, 0) is 9.84 Å². The first-order valence-corrected chi connectivity index (χ1v) is 10.3. The van der Waals surface area contributed by atoms with Crippen LogP contribution in [0.3, 0.4) is 0 Å². The Hall–Kier alpha value is -1.41. The molecule has 0 aromatic heterocycles. The number of benzene rings is 1. The SMILES string of the molecule is CC(C)SC1=N[C@@H]2CS(=O)(=O)C[C@H]2N1c1ccc2c(c1)OCO2. The van der Waals surface area contributed by atoms with E-state index in [-0.39, 0.29) is 30.4 Å². The highest BCUT2D eigenvalue weighted by molar-refractivity contribution is 8.14. The summed E-state index contributed by atoms with van der Waals surface area (Å²) in [6, 6.07) is 5.42. The van der Waals surface area contributed by atoms with Gasteiger partial charge in [0.05, 0.1) is 23.6 Å². The fourth-order valence-corrected chi connectivity index (χ4v) is 5.98. The molecule has 0 radical (unpaired) electrons. The zero-order valence-electron chi connectivity index (χ0n) is 12.9. The second-order valence-corrected chi connectivity index (χ2v) is 9.89. The molecule has 0 amide bonds. The molecule has 4 rings (SSSR count). The van der Waals surface area contributed by atoms with E-state index in [0.717, 1.165) is 16.6 Å². The van der Waals surface area contributed by atoms with Crippen molar-refractivity contribution >= 4 is 32.5 Å². The Bertz CT molecular complexity index is 776. The number of amidine groups is 1. The van der Waals surface area contributed by atoms with Crippen LogP contribution < -0.4 is 14.4 Å². The Balaban J connectivity index is 1.72. The fourth-order valence-electron chi connectivity index (χ4n) is 3.16. The Labute approximate surface area is 139 Å². The summed E-state index contributed by atoms with van der Waals surface area (Å²) >= 11 is 1.66. The third-order valence-electron chi connectivity index (χ3n) is 4.08. The second kappa shape index (κ2) is 5.31. The molecule has 23 heavy (non-hydrogen) atoms. The van der Waals surface area contributed by atoms with Gasteiger partial charge in [0.15, 0.2) is 26.5 Å². The highest BCUT2D eigenvalue weighted by atomic mass is 32.2. The highest BCUT2D eigenvalue weighted by Crippen LogP contribution is 2.40. The molecule has 0 N–H and O–H groups in total. The van der Waals surface area contributed by atoms with Gasteiger partial charge in [0, 0.05) is 17.0 Å². The van der Waals surface area contributed by atoms with Crippen LogP contribution in [0.15, 0.2) is 23.2 Å². The van der Waals surface area contributed by atoms with Gasteiger partial charge in [-0.05, 0) is 12.1 Å². The van der Waals surface area contributed by atoms with E-state index in [1.165, 1.54) is 0 Å². The van der Waals surface area contributed by atoms with E-state index in [4.69, 9.17) is 14.5 Å². The van der Waals surface area contributed by atoms with Crippen molar-refractivity contribution in [1.29, 1.82) is 0 Å². The standard InChI is InChI=1S/C15H18N2O4S2/c1-9(2)22-15-16-11-6-23(18,19)7-12(11)17(15)10-3-4-13-14(5-10)21-8-20-13/h3-5,9,11-12H,6-8H2,1-2H3/t11-,12-/m1/s1. The molecule has 3 aliphatic rings. The van der Waals surface area contributed by atoms with Crippen LogP contribution in [0.4, 0.5) is 5.69 Å². The maximum atomic E-state index is 12.0. The molecule has 0 bridgehead atoms. The first-order valence-electron chi connectivity index (χ1n) is 7.57. The van der Waals surface area contributed by atoms with Crippen LogP contribution in [0.2, 0.25) is 0 Å². The maximum Gasteiger partial charge on any atom is 0.231 e. The number of aliphatic imine (C=N–C) groups is 1. The molecule has 1 saturated heterocycles. The van der Waals surface area contributed by atoms with E-state index in [2.05, 4.69) is 18.7 Å². The lowest BCUT2D eigenvalue weighted by Gasteiger charge is -2.27. The molecule has 0 saturated carbocycles. The molecule has 1 aromatic rings. The lowest BCUT2D eigenvalue weighted by Crippen LogP contribution is -2.39. The van der Waals surface area contributed by atoms with Crippen LogP contribution in [0.1, 0.15) is 13.8 Å². The number of hydrogen-bond acceptors (Lipinski definition) is 7. The van der Waals surface area contributed by atoms with Gasteiger partial charge in [-0.2, -0.15) is 0 Å². The minimum absolute atomic E-state index is 0.123. The normalized spacial score (nSPS) is 27.4. The Morgan fingerprint density at radius 1 is 1.26 bits per heavy atom. The lowest BCUT2D eigenvalue weighted by atomic mass is 10.1. The van der Waals surface area contributed by atoms with Crippen molar-refractivity contribution in [3.8, 4) is 11.5 Å². The number of anilines is 1. The Morgan fingerprint density at radius 3 is 2.83 bits per heavy atom. The van der Waals surface area contributed by atoms with Gasteiger partial charge in [0.1, 0.15) is 0 Å². The number of hydrogen-bond donors (Lipinski definition) is 0. The number of nitrogens with zero attached hydrogens (tertiary/aromatic N) is 2. The molecule has 6 nitrogen and oxygen atoms in total. The zero-order chi connectivity index (χ0) is 16.2. The van der Waals surface area contributed by atoms with Gasteiger partial charge in [0.25, 0.3) is 0 Å². The molecule has 1 fully saturated rings. The molecular formula is C15H18N2O4S2. The van der Waals surface area contributed by atoms with Crippen molar-refractivity contribution in [1.82, 2.24) is 0 Å². The van der Waals surface area contributed by atoms with Crippen molar-refractivity contribution in [2.24, 2.45) is 4.99 Å². The average Bonchev–Trinajstić information content (AvgIpc) is 3.09. The Morgan fingerprint density at radius 2 is 2.04 bits per heavy atom. The van der Waals surface area contributed by atoms with Crippen molar-refractivity contribution in [2.45, 2.75) is 31.2 Å². The van der Waals surface area contributed by atoms with E-state index in [1.807, 2.05) is 18.2 Å². The number of sulfone groups is 1. The minimum atomic E-state index is -3.02. The van der Waals surface area contributed by atoms with Gasteiger partial charge < -0.3 is 14.4 Å². The van der Waals surface area contributed by atoms with Crippen molar-refractivity contribution in [2.75, 3.05) is 23.2 Å². The highest BCUT2D eigenvalue weighted by Gasteiger charge is 2.47. The molecule has 124 valence electrons. The van der Waals surface area contributed by atoms with Gasteiger partial charge in [-0.15, -0.1) is 0 Å². The summed E-state index contributed by atoms with van der Waals surface area (Å²) in [5, 5.41) is 1.27. The van der Waals surface area contributed by atoms with Crippen LogP contribution >= 0.6 is 11.8 Å². The molecular weight excluding hydrogens is 336 g/mol. The quantitative estimate of drug-likeness (QED) is 0.808. The number of rotatable bonds is 2. The van der Waals surface area contributed by atoms with Gasteiger partial charge in [-0.25, -0.2) is 8.42 Å². The zero-order valence-corrected chi connectivity index (χ0v) is 14.6. The summed E-state index contributed by atoms with van der Waals surface area (Å²) in [6.07, 6.45) is 0. The second-order valence-electron chi connectivity index (χ2n) is 6.20. The largest absolute Gasteiger partial charge is 0.454 e. The van der Waals surface area contributed by atoms with E-state index >= 15 is 0 Å². The topological polar surface area (TPSA) is 68.2 Å². The van der Waals surface area contributed by atoms with Gasteiger partial charge in [-0.1, -0.05) is 25.6 Å². The predicted molar refractivity (Wildman–Crippen MR) is 91.4 cm³/mol. The fraction of sp³-hybridized carbons (Fsp3) is 0.533. The molecule has 0 aliphatic carbocycles. The molecule has 0 unspecified atom stereocenters. The first-order chi connectivity index (χ1) is 10.9. The number of thioether (sulfide) groups is 1. The molecule has 1 aromatic carbocycles. The van der Waals surface area contributed by atoms with E-state index in [1.54, 1.807) is 11.8 Å². The molecule has 0 spiro atoms. The van der Waals surface area contributed by atoms with E-state index < -0.39 is 9.84 Å². The summed E-state index contributed by atoms with van der Waals surface area (Å²) < 4.78 is 34.8. The third kappa shape index (κ3) is 2.67. The summed E-state index contributed by atoms with van der Waals surface area (Å²) in [4.78, 5) is 6.75. The Kier molecular flexibility index (Phi) is 3.49. The van der Waals surface area contributed by atoms with Crippen LogP contribution in [0.25, 0.3) is 0 Å². The molecule has 2 atom stereocenters. The van der Waals surface area contributed by atoms with Gasteiger partial charge in [0.2, 0.25) is 6.79 Å². The van der Waals surface area contributed by atoms with Gasteiger partial charge in [-0.3, -0.25) is 4.99 Å². The summed E-state index contributed by atoms with van der Waals surface area (Å²) in [7, 11) is -3.02. The van der Waals surface area contributed by atoms with Crippen molar-refractivity contribution in [3.05, 3.63) is 18.2 Å². The number of ether oxygens (including phenoxy) is 2. The van der Waals surface area contributed by atoms with Crippen LogP contribution in [0, 0.1) is 0 Å². The number of fused-ring (bicyclic) bond motifs is 2. The average molecular weight is 354 g/mol.